The SMILES string of the molecule is CCCC1(C(=O)Nc2ccc3sccc3c2)CCCNC1. The maximum Gasteiger partial charge on any atom is 0.231 e. The van der Waals surface area contributed by atoms with Crippen LogP contribution in [0.3, 0.4) is 0 Å². The number of thiophene rings is 1. The van der Waals surface area contributed by atoms with Crippen molar-refractivity contribution in [1.82, 2.24) is 5.32 Å². The first-order chi connectivity index (χ1) is 10.2. The monoisotopic (exact) mass is 302 g/mol. The second-order valence-electron chi connectivity index (χ2n) is 5.94. The van der Waals surface area contributed by atoms with Crippen molar-refractivity contribution in [3.05, 3.63) is 29.6 Å². The molecule has 0 aliphatic carbocycles. The van der Waals surface area contributed by atoms with E-state index < -0.39 is 0 Å². The first-order valence-electron chi connectivity index (χ1n) is 7.73. The zero-order valence-electron chi connectivity index (χ0n) is 12.4. The zero-order valence-corrected chi connectivity index (χ0v) is 13.3. The van der Waals surface area contributed by atoms with E-state index in [0.29, 0.717) is 0 Å². The predicted octanol–water partition coefficient (Wildman–Crippen LogP) is 4.01. The van der Waals surface area contributed by atoms with Gasteiger partial charge in [0.1, 0.15) is 0 Å². The number of rotatable bonds is 4. The molecule has 21 heavy (non-hydrogen) atoms. The van der Waals surface area contributed by atoms with Crippen molar-refractivity contribution >= 4 is 33.0 Å². The zero-order chi connectivity index (χ0) is 14.7. The molecule has 3 rings (SSSR count). The van der Waals surface area contributed by atoms with Crippen LogP contribution in [0.2, 0.25) is 0 Å². The highest BCUT2D eigenvalue weighted by Crippen LogP contribution is 2.33. The Morgan fingerprint density at radius 2 is 2.33 bits per heavy atom. The maximum atomic E-state index is 12.8. The lowest BCUT2D eigenvalue weighted by Gasteiger charge is -2.36. The molecule has 0 saturated carbocycles. The summed E-state index contributed by atoms with van der Waals surface area (Å²) < 4.78 is 1.26. The number of hydrogen-bond acceptors (Lipinski definition) is 3. The lowest BCUT2D eigenvalue weighted by Crippen LogP contribution is -2.48. The molecule has 1 aromatic heterocycles. The van der Waals surface area contributed by atoms with E-state index in [1.807, 2.05) is 6.07 Å². The smallest absolute Gasteiger partial charge is 0.231 e. The van der Waals surface area contributed by atoms with Gasteiger partial charge in [0.2, 0.25) is 5.91 Å². The van der Waals surface area contributed by atoms with Gasteiger partial charge in [-0.3, -0.25) is 4.79 Å². The Hall–Kier alpha value is -1.39. The van der Waals surface area contributed by atoms with Crippen molar-refractivity contribution in [2.45, 2.75) is 32.6 Å². The molecule has 0 radical (unpaired) electrons. The highest BCUT2D eigenvalue weighted by Gasteiger charge is 2.38. The van der Waals surface area contributed by atoms with Gasteiger partial charge >= 0.3 is 0 Å². The first-order valence-corrected chi connectivity index (χ1v) is 8.61. The van der Waals surface area contributed by atoms with Gasteiger partial charge in [-0.2, -0.15) is 0 Å². The molecule has 1 fully saturated rings. The van der Waals surface area contributed by atoms with Gasteiger partial charge in [0, 0.05) is 16.9 Å². The minimum Gasteiger partial charge on any atom is -0.326 e. The number of nitrogens with one attached hydrogen (secondary N) is 2. The summed E-state index contributed by atoms with van der Waals surface area (Å²) in [7, 11) is 0. The van der Waals surface area contributed by atoms with Crippen LogP contribution in [-0.2, 0) is 4.79 Å². The van der Waals surface area contributed by atoms with Gasteiger partial charge in [0.25, 0.3) is 0 Å². The summed E-state index contributed by atoms with van der Waals surface area (Å²) in [5.41, 5.74) is 0.670. The van der Waals surface area contributed by atoms with E-state index in [1.54, 1.807) is 11.3 Å². The van der Waals surface area contributed by atoms with E-state index >= 15 is 0 Å². The Labute approximate surface area is 129 Å². The molecule has 3 nitrogen and oxygen atoms in total. The normalized spacial score (nSPS) is 22.3. The highest BCUT2D eigenvalue weighted by atomic mass is 32.1. The van der Waals surface area contributed by atoms with E-state index in [-0.39, 0.29) is 11.3 Å². The number of piperidine rings is 1. The minimum absolute atomic E-state index is 0.172. The Kier molecular flexibility index (Phi) is 4.27. The molecule has 1 aromatic carbocycles. The van der Waals surface area contributed by atoms with Crippen LogP contribution in [-0.4, -0.2) is 19.0 Å². The average Bonchev–Trinajstić information content (AvgIpc) is 2.96. The summed E-state index contributed by atoms with van der Waals surface area (Å²) >= 11 is 1.73. The van der Waals surface area contributed by atoms with Crippen molar-refractivity contribution in [3.8, 4) is 0 Å². The summed E-state index contributed by atoms with van der Waals surface area (Å²) in [4.78, 5) is 12.8. The molecule has 0 bridgehead atoms. The van der Waals surface area contributed by atoms with Gasteiger partial charge in [0.15, 0.2) is 0 Å². The van der Waals surface area contributed by atoms with Crippen molar-refractivity contribution in [3.63, 3.8) is 0 Å². The van der Waals surface area contributed by atoms with Crippen molar-refractivity contribution in [2.75, 3.05) is 18.4 Å². The van der Waals surface area contributed by atoms with Crippen LogP contribution >= 0.6 is 11.3 Å². The molecular formula is C17H22N2OS. The highest BCUT2D eigenvalue weighted by molar-refractivity contribution is 7.17. The fourth-order valence-corrected chi connectivity index (χ4v) is 4.05. The summed E-state index contributed by atoms with van der Waals surface area (Å²) in [5, 5.41) is 9.82. The average molecular weight is 302 g/mol. The lowest BCUT2D eigenvalue weighted by atomic mass is 9.76. The molecule has 1 amide bonds. The lowest BCUT2D eigenvalue weighted by molar-refractivity contribution is -0.127. The molecule has 1 saturated heterocycles. The predicted molar refractivity (Wildman–Crippen MR) is 89.9 cm³/mol. The van der Waals surface area contributed by atoms with Gasteiger partial charge < -0.3 is 10.6 Å². The van der Waals surface area contributed by atoms with E-state index in [1.165, 1.54) is 10.1 Å². The Bertz CT molecular complexity index is 623. The Morgan fingerprint density at radius 3 is 3.10 bits per heavy atom. The van der Waals surface area contributed by atoms with E-state index in [4.69, 9.17) is 0 Å². The molecule has 2 heterocycles. The van der Waals surface area contributed by atoms with Crippen LogP contribution in [0.4, 0.5) is 5.69 Å². The van der Waals surface area contributed by atoms with Gasteiger partial charge in [-0.15, -0.1) is 11.3 Å². The molecule has 112 valence electrons. The van der Waals surface area contributed by atoms with Crippen LogP contribution in [0.15, 0.2) is 29.6 Å². The third-order valence-electron chi connectivity index (χ3n) is 4.39. The van der Waals surface area contributed by atoms with E-state index in [2.05, 4.69) is 41.1 Å². The summed E-state index contributed by atoms with van der Waals surface area (Å²) in [6.45, 7) is 3.98. The number of carbonyl (C=O) groups is 1. The second-order valence-corrected chi connectivity index (χ2v) is 6.89. The molecule has 1 atom stereocenters. The third kappa shape index (κ3) is 2.97. The van der Waals surface area contributed by atoms with Crippen LogP contribution in [0, 0.1) is 5.41 Å². The Morgan fingerprint density at radius 1 is 1.43 bits per heavy atom. The van der Waals surface area contributed by atoms with E-state index in [0.717, 1.165) is 44.5 Å². The second kappa shape index (κ2) is 6.16. The molecular weight excluding hydrogens is 280 g/mol. The quantitative estimate of drug-likeness (QED) is 0.896. The van der Waals surface area contributed by atoms with Gasteiger partial charge in [-0.1, -0.05) is 13.3 Å². The number of amides is 1. The maximum absolute atomic E-state index is 12.8. The third-order valence-corrected chi connectivity index (χ3v) is 5.29. The van der Waals surface area contributed by atoms with Crippen LogP contribution < -0.4 is 10.6 Å². The van der Waals surface area contributed by atoms with E-state index in [9.17, 15) is 4.79 Å². The van der Waals surface area contributed by atoms with Crippen molar-refractivity contribution in [2.24, 2.45) is 5.41 Å². The first kappa shape index (κ1) is 14.5. The topological polar surface area (TPSA) is 41.1 Å². The number of carbonyl (C=O) groups excluding carboxylic acids is 1. The molecule has 0 spiro atoms. The van der Waals surface area contributed by atoms with Crippen LogP contribution in [0.1, 0.15) is 32.6 Å². The van der Waals surface area contributed by atoms with Gasteiger partial charge in [0.05, 0.1) is 5.41 Å². The van der Waals surface area contributed by atoms with Crippen LogP contribution in [0.5, 0.6) is 0 Å². The standard InChI is InChI=1S/C17H22N2OS/c1-2-7-17(8-3-9-18-12-17)16(20)19-14-4-5-15-13(11-14)6-10-21-15/h4-6,10-11,18H,2-3,7-9,12H2,1H3,(H,19,20). The number of benzene rings is 1. The Balaban J connectivity index is 1.79. The molecule has 1 aliphatic rings. The number of hydrogen-bond donors (Lipinski definition) is 2. The van der Waals surface area contributed by atoms with Crippen LogP contribution in [0.25, 0.3) is 10.1 Å². The molecule has 2 N–H and O–H groups in total. The molecule has 1 aliphatic heterocycles. The summed E-state index contributed by atoms with van der Waals surface area (Å²) in [6, 6.07) is 8.26. The van der Waals surface area contributed by atoms with Gasteiger partial charge in [-0.05, 0) is 60.8 Å². The minimum atomic E-state index is -0.239. The number of anilines is 1. The summed E-state index contributed by atoms with van der Waals surface area (Å²) in [5.74, 6) is 0.172. The fourth-order valence-electron chi connectivity index (χ4n) is 3.28. The van der Waals surface area contributed by atoms with Crippen molar-refractivity contribution in [1.29, 1.82) is 0 Å². The summed E-state index contributed by atoms with van der Waals surface area (Å²) in [6.07, 6.45) is 4.06. The molecule has 1 unspecified atom stereocenters. The number of fused-ring (bicyclic) bond motifs is 1. The van der Waals surface area contributed by atoms with Crippen molar-refractivity contribution < 1.29 is 4.79 Å². The molecule has 2 aromatic rings. The largest absolute Gasteiger partial charge is 0.326 e. The fraction of sp³-hybridized carbons (Fsp3) is 0.471. The van der Waals surface area contributed by atoms with Gasteiger partial charge in [-0.25, -0.2) is 0 Å². The molecule has 4 heteroatoms.